The van der Waals surface area contributed by atoms with Gasteiger partial charge in [0.05, 0.1) is 6.26 Å². The highest BCUT2D eigenvalue weighted by Crippen LogP contribution is 2.50. The highest BCUT2D eigenvalue weighted by atomic mass is 32.1. The fourth-order valence-electron chi connectivity index (χ4n) is 8.48. The van der Waals surface area contributed by atoms with E-state index < -0.39 is 0 Å². The van der Waals surface area contributed by atoms with Crippen LogP contribution in [0.3, 0.4) is 0 Å². The molecule has 0 radical (unpaired) electrons. The fourth-order valence-corrected chi connectivity index (χ4v) is 9.69. The zero-order chi connectivity index (χ0) is 32.5. The lowest BCUT2D eigenvalue weighted by Crippen LogP contribution is -1.91. The minimum absolute atomic E-state index is 0.780. The number of hydrogen-bond acceptors (Lipinski definition) is 4. The van der Waals surface area contributed by atoms with Crippen molar-refractivity contribution in [3.05, 3.63) is 146 Å². The summed E-state index contributed by atoms with van der Waals surface area (Å²) in [4.78, 5) is 0. The summed E-state index contributed by atoms with van der Waals surface area (Å²) in [6.45, 7) is 0. The fraction of sp³-hybridized carbons (Fsp3) is 0. The zero-order valence-electron chi connectivity index (χ0n) is 26.5. The summed E-state index contributed by atoms with van der Waals surface area (Å²) >= 11 is 1.84. The first-order valence-electron chi connectivity index (χ1n) is 16.8. The molecule has 0 atom stereocenters. The van der Waals surface area contributed by atoms with Crippen LogP contribution >= 0.6 is 11.3 Å². The Bertz CT molecular complexity index is 3330. The highest BCUT2D eigenvalue weighted by molar-refractivity contribution is 7.26. The van der Waals surface area contributed by atoms with Gasteiger partial charge in [-0.2, -0.15) is 0 Å². The minimum Gasteiger partial charge on any atom is -0.464 e. The maximum Gasteiger partial charge on any atom is 0.178 e. The summed E-state index contributed by atoms with van der Waals surface area (Å²) in [5.41, 5.74) is 8.82. The predicted molar refractivity (Wildman–Crippen MR) is 210 cm³/mol. The van der Waals surface area contributed by atoms with E-state index in [1.807, 2.05) is 29.7 Å². The van der Waals surface area contributed by atoms with Gasteiger partial charge in [0.1, 0.15) is 16.7 Å². The molecule has 0 saturated carbocycles. The van der Waals surface area contributed by atoms with Crippen LogP contribution in [0, 0.1) is 0 Å². The molecular formula is C46H24O3S. The van der Waals surface area contributed by atoms with Crippen molar-refractivity contribution >= 4 is 108 Å². The Kier molecular flexibility index (Phi) is 5.12. The Morgan fingerprint density at radius 2 is 0.980 bits per heavy atom. The summed E-state index contributed by atoms with van der Waals surface area (Å²) in [5.74, 6) is 0. The SMILES string of the molecule is c1ccc2c(c1)oc1c2ccc2c1oc1cccc(-c3c4ccccc4c(-c4cc5c6ccccc6sc5c5ccoc45)c4ccccc34)c12. The second-order valence-electron chi connectivity index (χ2n) is 13.1. The van der Waals surface area contributed by atoms with Gasteiger partial charge in [-0.15, -0.1) is 11.3 Å². The average molecular weight is 657 g/mol. The van der Waals surface area contributed by atoms with Crippen molar-refractivity contribution in [2.24, 2.45) is 0 Å². The van der Waals surface area contributed by atoms with Gasteiger partial charge >= 0.3 is 0 Å². The van der Waals surface area contributed by atoms with E-state index >= 15 is 0 Å². The van der Waals surface area contributed by atoms with E-state index in [9.17, 15) is 0 Å². The standard InChI is InChI=1S/C46H24O3S/c1-3-14-29-27(12-1)40(32-16-9-18-38-42(32)33-21-20-31-25-10-5-7-17-37(25)48-44(31)45(33)49-38)28-13-2-4-15-30(28)41(29)36-24-35-26-11-6-8-19-39(26)50-46(35)34-22-23-47-43(34)36/h1-24H. The first-order chi connectivity index (χ1) is 24.8. The first kappa shape index (κ1) is 26.6. The van der Waals surface area contributed by atoms with Crippen molar-refractivity contribution in [1.82, 2.24) is 0 Å². The normalized spacial score (nSPS) is 12.4. The van der Waals surface area contributed by atoms with E-state index in [4.69, 9.17) is 13.3 Å². The first-order valence-corrected chi connectivity index (χ1v) is 17.6. The van der Waals surface area contributed by atoms with Crippen LogP contribution in [0.25, 0.3) is 119 Å². The van der Waals surface area contributed by atoms with Gasteiger partial charge in [0, 0.05) is 58.2 Å². The number of para-hydroxylation sites is 1. The van der Waals surface area contributed by atoms with Crippen molar-refractivity contribution in [1.29, 1.82) is 0 Å². The van der Waals surface area contributed by atoms with Crippen molar-refractivity contribution in [3.8, 4) is 22.3 Å². The topological polar surface area (TPSA) is 39.4 Å². The number of benzene rings is 8. The molecule has 0 aliphatic carbocycles. The Balaban J connectivity index is 1.22. The molecule has 4 heterocycles. The number of furan rings is 3. The van der Waals surface area contributed by atoms with Crippen LogP contribution in [0.1, 0.15) is 0 Å². The molecule has 3 nitrogen and oxygen atoms in total. The van der Waals surface area contributed by atoms with Crippen LogP contribution in [0.4, 0.5) is 0 Å². The van der Waals surface area contributed by atoms with E-state index in [-0.39, 0.29) is 0 Å². The van der Waals surface area contributed by atoms with Crippen LogP contribution in [-0.2, 0) is 0 Å². The van der Waals surface area contributed by atoms with Crippen LogP contribution in [-0.4, -0.2) is 0 Å². The number of fused-ring (bicyclic) bond motifs is 14. The summed E-state index contributed by atoms with van der Waals surface area (Å²) in [6, 6.07) is 49.8. The molecule has 8 aromatic carbocycles. The van der Waals surface area contributed by atoms with Crippen LogP contribution in [0.2, 0.25) is 0 Å². The summed E-state index contributed by atoms with van der Waals surface area (Å²) in [7, 11) is 0. The molecule has 0 aliphatic heterocycles. The average Bonchev–Trinajstić information content (AvgIpc) is 3.96. The highest BCUT2D eigenvalue weighted by Gasteiger charge is 2.24. The maximum absolute atomic E-state index is 6.68. The number of rotatable bonds is 2. The molecule has 0 bridgehead atoms. The number of hydrogen-bond donors (Lipinski definition) is 0. The second kappa shape index (κ2) is 9.63. The van der Waals surface area contributed by atoms with Gasteiger partial charge in [0.15, 0.2) is 11.2 Å². The van der Waals surface area contributed by atoms with Crippen molar-refractivity contribution < 1.29 is 13.3 Å². The van der Waals surface area contributed by atoms with Gasteiger partial charge in [0.2, 0.25) is 0 Å². The molecule has 0 N–H and O–H groups in total. The van der Waals surface area contributed by atoms with Crippen LogP contribution in [0.15, 0.2) is 159 Å². The Hall–Kier alpha value is -6.36. The van der Waals surface area contributed by atoms with E-state index in [1.165, 1.54) is 52.8 Å². The third-order valence-corrected chi connectivity index (χ3v) is 11.8. The van der Waals surface area contributed by atoms with Crippen molar-refractivity contribution in [2.45, 2.75) is 0 Å². The van der Waals surface area contributed by atoms with E-state index in [2.05, 4.69) is 127 Å². The van der Waals surface area contributed by atoms with Gasteiger partial charge in [-0.3, -0.25) is 0 Å². The van der Waals surface area contributed by atoms with Gasteiger partial charge in [-0.1, -0.05) is 97.1 Å². The molecule has 12 rings (SSSR count). The number of thiophene rings is 1. The van der Waals surface area contributed by atoms with Gasteiger partial charge < -0.3 is 13.3 Å². The molecule has 0 unspecified atom stereocenters. The monoisotopic (exact) mass is 656 g/mol. The van der Waals surface area contributed by atoms with Crippen molar-refractivity contribution in [3.63, 3.8) is 0 Å². The third-order valence-electron chi connectivity index (χ3n) is 10.6. The molecule has 232 valence electrons. The molecule has 0 spiro atoms. The minimum atomic E-state index is 0.780. The molecule has 0 fully saturated rings. The van der Waals surface area contributed by atoms with Crippen LogP contribution < -0.4 is 0 Å². The van der Waals surface area contributed by atoms with Gasteiger partial charge in [0.25, 0.3) is 0 Å². The van der Waals surface area contributed by atoms with E-state index in [0.29, 0.717) is 0 Å². The van der Waals surface area contributed by atoms with Gasteiger partial charge in [-0.25, -0.2) is 0 Å². The van der Waals surface area contributed by atoms with Gasteiger partial charge in [-0.05, 0) is 75.1 Å². The van der Waals surface area contributed by atoms with E-state index in [0.717, 1.165) is 66.0 Å². The lowest BCUT2D eigenvalue weighted by Gasteiger charge is -2.18. The molecular weight excluding hydrogens is 633 g/mol. The maximum atomic E-state index is 6.68. The zero-order valence-corrected chi connectivity index (χ0v) is 27.3. The summed E-state index contributed by atoms with van der Waals surface area (Å²) in [6.07, 6.45) is 1.83. The smallest absolute Gasteiger partial charge is 0.178 e. The van der Waals surface area contributed by atoms with E-state index in [1.54, 1.807) is 0 Å². The Morgan fingerprint density at radius 1 is 0.380 bits per heavy atom. The second-order valence-corrected chi connectivity index (χ2v) is 14.2. The lowest BCUT2D eigenvalue weighted by atomic mass is 9.84. The third kappa shape index (κ3) is 3.38. The largest absolute Gasteiger partial charge is 0.464 e. The molecule has 12 aromatic rings. The van der Waals surface area contributed by atoms with Crippen molar-refractivity contribution in [2.75, 3.05) is 0 Å². The predicted octanol–water partition coefficient (Wildman–Crippen LogP) is 14.2. The lowest BCUT2D eigenvalue weighted by molar-refractivity contribution is 0.617. The Morgan fingerprint density at radius 3 is 1.76 bits per heavy atom. The molecule has 4 heteroatoms. The summed E-state index contributed by atoms with van der Waals surface area (Å²) in [5, 5.41) is 12.7. The molecule has 0 amide bonds. The molecule has 0 aliphatic rings. The summed E-state index contributed by atoms with van der Waals surface area (Å²) < 4.78 is 22.0. The molecule has 0 saturated heterocycles. The quantitative estimate of drug-likeness (QED) is 0.174. The molecule has 50 heavy (non-hydrogen) atoms. The van der Waals surface area contributed by atoms with Crippen LogP contribution in [0.5, 0.6) is 0 Å². The molecule has 4 aromatic heterocycles. The Labute approximate surface area is 288 Å².